The summed E-state index contributed by atoms with van der Waals surface area (Å²) in [6, 6.07) is -0.831. The Morgan fingerprint density at radius 2 is 1.91 bits per heavy atom. The molecule has 35 heavy (non-hydrogen) atoms. The van der Waals surface area contributed by atoms with Crippen molar-refractivity contribution in [3.05, 3.63) is 17.8 Å². The Morgan fingerprint density at radius 1 is 1.20 bits per heavy atom. The van der Waals surface area contributed by atoms with Crippen LogP contribution in [0.5, 0.6) is 5.88 Å². The fraction of sp³-hybridized carbons (Fsp3) is 0.474. The van der Waals surface area contributed by atoms with E-state index in [0.29, 0.717) is 0 Å². The van der Waals surface area contributed by atoms with Gasteiger partial charge in [-0.25, -0.2) is 14.6 Å². The van der Waals surface area contributed by atoms with Gasteiger partial charge in [0.05, 0.1) is 6.17 Å². The number of carbonyl (C=O) groups is 5. The van der Waals surface area contributed by atoms with Crippen molar-refractivity contribution in [3.8, 4) is 5.88 Å². The van der Waals surface area contributed by atoms with Crippen LogP contribution in [0.25, 0.3) is 0 Å². The number of carboxylic acids is 2. The Bertz CT molecular complexity index is 1020. The molecule has 0 aromatic carbocycles. The fourth-order valence-corrected chi connectivity index (χ4v) is 3.06. The van der Waals surface area contributed by atoms with Crippen LogP contribution in [0.2, 0.25) is 0 Å². The van der Waals surface area contributed by atoms with Crippen molar-refractivity contribution in [1.82, 2.24) is 26.3 Å². The van der Waals surface area contributed by atoms with Crippen LogP contribution >= 0.6 is 0 Å². The van der Waals surface area contributed by atoms with E-state index in [2.05, 4.69) is 31.6 Å². The van der Waals surface area contributed by atoms with Crippen LogP contribution in [-0.2, 0) is 14.4 Å². The van der Waals surface area contributed by atoms with Gasteiger partial charge in [0.2, 0.25) is 11.8 Å². The Kier molecular flexibility index (Phi) is 8.00. The molecule has 0 spiro atoms. The van der Waals surface area contributed by atoms with E-state index in [-0.39, 0.29) is 29.8 Å². The molecule has 0 radical (unpaired) electrons. The summed E-state index contributed by atoms with van der Waals surface area (Å²) in [5.41, 5.74) is 11.2. The third-order valence-corrected chi connectivity index (χ3v) is 4.99. The van der Waals surface area contributed by atoms with E-state index in [4.69, 9.17) is 21.3 Å². The van der Waals surface area contributed by atoms with Gasteiger partial charge in [-0.15, -0.1) is 0 Å². The quantitative estimate of drug-likeness (QED) is 0.162. The highest BCUT2D eigenvalue weighted by Gasteiger charge is 2.34. The molecule has 16 heteroatoms. The van der Waals surface area contributed by atoms with Crippen LogP contribution in [-0.4, -0.2) is 75.6 Å². The van der Waals surface area contributed by atoms with Gasteiger partial charge < -0.3 is 42.0 Å². The Balaban J connectivity index is 1.70. The average molecular weight is 494 g/mol. The summed E-state index contributed by atoms with van der Waals surface area (Å²) in [6.45, 7) is 0. The number of urea groups is 1. The second-order valence-corrected chi connectivity index (χ2v) is 7.92. The molecule has 1 aromatic heterocycles. The molecule has 1 aliphatic heterocycles. The topological polar surface area (TPSA) is 260 Å². The van der Waals surface area contributed by atoms with Gasteiger partial charge in [-0.05, 0) is 31.4 Å². The summed E-state index contributed by atoms with van der Waals surface area (Å²) in [5, 5.41) is 30.1. The van der Waals surface area contributed by atoms with Crippen LogP contribution in [0.4, 0.5) is 10.5 Å². The second kappa shape index (κ2) is 10.9. The van der Waals surface area contributed by atoms with Crippen LogP contribution in [0, 0.1) is 0 Å². The van der Waals surface area contributed by atoms with Crippen LogP contribution in [0.1, 0.15) is 36.2 Å². The lowest BCUT2D eigenvalue weighted by molar-refractivity contribution is -0.140. The van der Waals surface area contributed by atoms with E-state index in [1.54, 1.807) is 0 Å². The molecule has 190 valence electrons. The molecular weight excluding hydrogens is 468 g/mol. The molecule has 1 aliphatic carbocycles. The van der Waals surface area contributed by atoms with Gasteiger partial charge >= 0.3 is 18.0 Å². The normalized spacial score (nSPS) is 22.3. The number of ether oxygens (including phenoxy) is 1. The number of amides is 4. The van der Waals surface area contributed by atoms with Gasteiger partial charge in [-0.2, -0.15) is 0 Å². The van der Waals surface area contributed by atoms with Crippen molar-refractivity contribution in [2.24, 2.45) is 11.5 Å². The second-order valence-electron chi connectivity index (χ2n) is 7.92. The first-order valence-electron chi connectivity index (χ1n) is 10.6. The number of nitrogens with two attached hydrogens (primary N) is 2. The summed E-state index contributed by atoms with van der Waals surface area (Å²) in [4.78, 5) is 63.2. The van der Waals surface area contributed by atoms with Crippen molar-refractivity contribution >= 4 is 35.5 Å². The maximum Gasteiger partial charge on any atom is 0.326 e. The van der Waals surface area contributed by atoms with Gasteiger partial charge in [0, 0.05) is 6.42 Å². The molecule has 2 fully saturated rings. The number of carbonyl (C=O) groups excluding carboxylic acids is 3. The zero-order valence-electron chi connectivity index (χ0n) is 18.3. The van der Waals surface area contributed by atoms with Crippen molar-refractivity contribution in [2.75, 3.05) is 5.32 Å². The van der Waals surface area contributed by atoms with Crippen molar-refractivity contribution in [3.63, 3.8) is 0 Å². The maximum atomic E-state index is 12.5. The molecule has 3 rings (SSSR count). The first-order chi connectivity index (χ1) is 16.5. The number of carboxylic acid groups (broad SMARTS) is 2. The minimum absolute atomic E-state index is 0.0843. The summed E-state index contributed by atoms with van der Waals surface area (Å²) < 4.78 is 5.67. The molecular formula is C19H26N8O8. The molecule has 1 saturated carbocycles. The number of anilines is 1. The molecule has 2 heterocycles. The molecule has 1 saturated heterocycles. The number of hydrogen-bond acceptors (Lipinski definition) is 10. The zero-order valence-corrected chi connectivity index (χ0v) is 18.3. The van der Waals surface area contributed by atoms with Gasteiger partial charge in [-0.3, -0.25) is 25.4 Å². The van der Waals surface area contributed by atoms with Crippen LogP contribution in [0.15, 0.2) is 12.1 Å². The van der Waals surface area contributed by atoms with E-state index in [1.807, 2.05) is 0 Å². The number of pyridine rings is 1. The molecule has 4 atom stereocenters. The van der Waals surface area contributed by atoms with Gasteiger partial charge in [-0.1, -0.05) is 0 Å². The van der Waals surface area contributed by atoms with Gasteiger partial charge in [0.25, 0.3) is 5.91 Å². The lowest BCUT2D eigenvalue weighted by Crippen LogP contribution is -2.73. The van der Waals surface area contributed by atoms with Gasteiger partial charge in [0.1, 0.15) is 35.9 Å². The van der Waals surface area contributed by atoms with Crippen LogP contribution < -0.4 is 42.8 Å². The summed E-state index contributed by atoms with van der Waals surface area (Å²) in [7, 11) is 0. The number of nitrogens with one attached hydrogen (secondary N) is 5. The molecule has 1 aromatic rings. The van der Waals surface area contributed by atoms with Crippen molar-refractivity contribution < 1.29 is 38.9 Å². The average Bonchev–Trinajstić information content (AvgIpc) is 3.58. The molecule has 16 nitrogen and oxygen atoms in total. The number of rotatable bonds is 10. The standard InChI is InChI=1S/C19H26N8O8/c20-13-12(15(31)27-18(21)26-13)25-19(34)24-9-4-3-8(23-16(9)35-7-1-2-7)14(30)22-10(17(32)33)5-6-11(28)29/h3-4,7,10,12-13,18,26H,1-2,5-6,20-21H2,(H,22,30)(H,27,31)(H,28,29)(H,32,33)(H2,24,25,34)/t10-,12?,13?,18?/m0/s1. The highest BCUT2D eigenvalue weighted by molar-refractivity contribution is 5.97. The molecule has 2 aliphatic rings. The molecule has 11 N–H and O–H groups in total. The van der Waals surface area contributed by atoms with E-state index in [1.165, 1.54) is 12.1 Å². The van der Waals surface area contributed by atoms with Crippen molar-refractivity contribution in [2.45, 2.75) is 56.3 Å². The van der Waals surface area contributed by atoms with E-state index in [9.17, 15) is 29.1 Å². The van der Waals surface area contributed by atoms with E-state index < -0.39 is 60.7 Å². The molecule has 4 amide bonds. The number of aliphatic carboxylic acids is 2. The molecule has 3 unspecified atom stereocenters. The highest BCUT2D eigenvalue weighted by atomic mass is 16.5. The SMILES string of the molecule is NC1NC(=O)C(NC(=O)Nc2ccc(C(=O)N[C@@H](CCC(=O)O)C(=O)O)nc2OC2CC2)C(N)N1. The Labute approximate surface area is 198 Å². The predicted molar refractivity (Wildman–Crippen MR) is 117 cm³/mol. The summed E-state index contributed by atoms with van der Waals surface area (Å²) in [5.74, 6) is -4.15. The summed E-state index contributed by atoms with van der Waals surface area (Å²) >= 11 is 0. The highest BCUT2D eigenvalue weighted by Crippen LogP contribution is 2.30. The zero-order chi connectivity index (χ0) is 25.7. The Morgan fingerprint density at radius 3 is 2.51 bits per heavy atom. The predicted octanol–water partition coefficient (Wildman–Crippen LogP) is -2.59. The lowest BCUT2D eigenvalue weighted by Gasteiger charge is -2.33. The molecule has 0 bridgehead atoms. The third-order valence-electron chi connectivity index (χ3n) is 4.99. The summed E-state index contributed by atoms with van der Waals surface area (Å²) in [6.07, 6.45) is -1.27. The van der Waals surface area contributed by atoms with Gasteiger partial charge in [0.15, 0.2) is 0 Å². The van der Waals surface area contributed by atoms with Crippen molar-refractivity contribution in [1.29, 1.82) is 0 Å². The first-order valence-corrected chi connectivity index (χ1v) is 10.6. The van der Waals surface area contributed by atoms with E-state index in [0.717, 1.165) is 12.8 Å². The fourth-order valence-electron chi connectivity index (χ4n) is 3.06. The minimum Gasteiger partial charge on any atom is -0.481 e. The lowest BCUT2D eigenvalue weighted by atomic mass is 10.1. The number of hydrogen-bond donors (Lipinski definition) is 9. The van der Waals surface area contributed by atoms with E-state index >= 15 is 0 Å². The maximum absolute atomic E-state index is 12.5. The number of aromatic nitrogens is 1. The first kappa shape index (κ1) is 25.6. The third kappa shape index (κ3) is 7.23. The Hall–Kier alpha value is -4.02. The minimum atomic E-state index is -1.44. The van der Waals surface area contributed by atoms with Crippen LogP contribution in [0.3, 0.4) is 0 Å². The largest absolute Gasteiger partial charge is 0.481 e. The number of nitrogens with zero attached hydrogens (tertiary/aromatic N) is 1. The monoisotopic (exact) mass is 494 g/mol. The smallest absolute Gasteiger partial charge is 0.326 e.